The van der Waals surface area contributed by atoms with Crippen molar-refractivity contribution in [2.75, 3.05) is 18.5 Å². The highest BCUT2D eigenvalue weighted by Gasteiger charge is 2.13. The number of carbonyl (C=O) groups excluding carboxylic acids is 2. The van der Waals surface area contributed by atoms with E-state index in [4.69, 9.17) is 32.7 Å². The van der Waals surface area contributed by atoms with Gasteiger partial charge in [0.25, 0.3) is 5.91 Å². The summed E-state index contributed by atoms with van der Waals surface area (Å²) in [6, 6.07) is 7.26. The maximum atomic E-state index is 11.9. The molecule has 1 aromatic carbocycles. The number of nitrogens with one attached hydrogen (secondary N) is 1. The minimum atomic E-state index is -0.656. The van der Waals surface area contributed by atoms with Gasteiger partial charge in [-0.3, -0.25) is 4.79 Å². The zero-order valence-corrected chi connectivity index (χ0v) is 16.7. The van der Waals surface area contributed by atoms with Crippen LogP contribution in [0.2, 0.25) is 10.0 Å². The number of benzene rings is 1. The topological polar surface area (TPSA) is 77.5 Å². The van der Waals surface area contributed by atoms with Gasteiger partial charge < -0.3 is 14.8 Å². The van der Waals surface area contributed by atoms with Crippen LogP contribution in [-0.2, 0) is 14.3 Å². The Bertz CT molecular complexity index is 840. The van der Waals surface area contributed by atoms with Crippen LogP contribution in [0.15, 0.2) is 30.5 Å². The molecule has 2 rings (SSSR count). The molecule has 0 aliphatic carbocycles. The number of pyridine rings is 1. The molecule has 0 radical (unpaired) electrons. The average molecular weight is 411 g/mol. The van der Waals surface area contributed by atoms with Crippen LogP contribution in [0.3, 0.4) is 0 Å². The molecule has 2 aromatic rings. The fraction of sp³-hybridized carbons (Fsp3) is 0.316. The Labute approximate surface area is 167 Å². The van der Waals surface area contributed by atoms with Crippen molar-refractivity contribution in [1.82, 2.24) is 4.98 Å². The van der Waals surface area contributed by atoms with Gasteiger partial charge in [0, 0.05) is 6.20 Å². The first-order chi connectivity index (χ1) is 12.8. The van der Waals surface area contributed by atoms with E-state index in [1.807, 2.05) is 39.0 Å². The van der Waals surface area contributed by atoms with Crippen molar-refractivity contribution in [1.29, 1.82) is 0 Å². The number of halogens is 2. The third-order valence-electron chi connectivity index (χ3n) is 3.57. The molecule has 27 heavy (non-hydrogen) atoms. The second-order valence-corrected chi connectivity index (χ2v) is 7.02. The van der Waals surface area contributed by atoms with Gasteiger partial charge in [0.05, 0.1) is 10.0 Å². The average Bonchev–Trinajstić information content (AvgIpc) is 2.60. The number of nitrogens with zero attached hydrogens (tertiary/aromatic N) is 1. The summed E-state index contributed by atoms with van der Waals surface area (Å²) in [6.07, 6.45) is 1.34. The largest absolute Gasteiger partial charge is 0.482 e. The van der Waals surface area contributed by atoms with E-state index in [2.05, 4.69) is 10.3 Å². The van der Waals surface area contributed by atoms with Crippen molar-refractivity contribution < 1.29 is 19.1 Å². The predicted molar refractivity (Wildman–Crippen MR) is 105 cm³/mol. The van der Waals surface area contributed by atoms with E-state index < -0.39 is 18.5 Å². The lowest BCUT2D eigenvalue weighted by Crippen LogP contribution is -2.24. The van der Waals surface area contributed by atoms with Crippen LogP contribution in [0.4, 0.5) is 5.82 Å². The summed E-state index contributed by atoms with van der Waals surface area (Å²) in [5.74, 6) is -0.211. The summed E-state index contributed by atoms with van der Waals surface area (Å²) in [6.45, 7) is 5.24. The third kappa shape index (κ3) is 6.41. The summed E-state index contributed by atoms with van der Waals surface area (Å²) >= 11 is 11.7. The Morgan fingerprint density at radius 1 is 1.19 bits per heavy atom. The third-order valence-corrected chi connectivity index (χ3v) is 4.06. The van der Waals surface area contributed by atoms with Crippen LogP contribution < -0.4 is 10.1 Å². The van der Waals surface area contributed by atoms with E-state index >= 15 is 0 Å². The highest BCUT2D eigenvalue weighted by Crippen LogP contribution is 2.27. The molecule has 144 valence electrons. The number of amides is 1. The van der Waals surface area contributed by atoms with Crippen molar-refractivity contribution in [3.8, 4) is 5.75 Å². The fourth-order valence-electron chi connectivity index (χ4n) is 2.24. The van der Waals surface area contributed by atoms with Crippen LogP contribution in [0.25, 0.3) is 0 Å². The molecule has 0 saturated heterocycles. The van der Waals surface area contributed by atoms with Gasteiger partial charge in [-0.25, -0.2) is 9.78 Å². The number of hydrogen-bond donors (Lipinski definition) is 1. The maximum Gasteiger partial charge on any atom is 0.344 e. The predicted octanol–water partition coefficient (Wildman–Crippen LogP) is 4.38. The first-order valence-electron chi connectivity index (χ1n) is 8.26. The second kappa shape index (κ2) is 9.58. The van der Waals surface area contributed by atoms with Crippen molar-refractivity contribution in [2.24, 2.45) is 0 Å². The summed E-state index contributed by atoms with van der Waals surface area (Å²) < 4.78 is 10.5. The van der Waals surface area contributed by atoms with Gasteiger partial charge in [-0.2, -0.15) is 0 Å². The van der Waals surface area contributed by atoms with E-state index in [0.29, 0.717) is 10.8 Å². The van der Waals surface area contributed by atoms with Gasteiger partial charge in [-0.05, 0) is 36.1 Å². The number of aryl methyl sites for hydroxylation is 1. The zero-order chi connectivity index (χ0) is 20.0. The number of esters is 1. The Kier molecular flexibility index (Phi) is 7.45. The molecule has 0 fully saturated rings. The Hall–Kier alpha value is -2.31. The lowest BCUT2D eigenvalue weighted by Gasteiger charge is -2.14. The molecule has 1 amide bonds. The number of aromatic nitrogens is 1. The first kappa shape index (κ1) is 21.0. The van der Waals surface area contributed by atoms with E-state index in [0.717, 1.165) is 11.1 Å². The molecule has 8 heteroatoms. The molecule has 1 N–H and O–H groups in total. The van der Waals surface area contributed by atoms with E-state index in [-0.39, 0.29) is 23.4 Å². The minimum Gasteiger partial charge on any atom is -0.482 e. The number of ether oxygens (including phenoxy) is 2. The van der Waals surface area contributed by atoms with Crippen molar-refractivity contribution in [2.45, 2.75) is 26.7 Å². The monoisotopic (exact) mass is 410 g/mol. The Morgan fingerprint density at radius 2 is 1.93 bits per heavy atom. The molecule has 0 aliphatic heterocycles. The summed E-state index contributed by atoms with van der Waals surface area (Å²) in [5, 5.41) is 2.97. The van der Waals surface area contributed by atoms with Gasteiger partial charge in [0.15, 0.2) is 19.0 Å². The molecule has 6 nitrogen and oxygen atoms in total. The highest BCUT2D eigenvalue weighted by atomic mass is 35.5. The van der Waals surface area contributed by atoms with E-state index in [9.17, 15) is 9.59 Å². The fourth-order valence-corrected chi connectivity index (χ4v) is 2.67. The molecule has 1 aromatic heterocycles. The smallest absolute Gasteiger partial charge is 0.344 e. The van der Waals surface area contributed by atoms with Gasteiger partial charge in [0.2, 0.25) is 0 Å². The molecular weight excluding hydrogens is 391 g/mol. The number of anilines is 1. The first-order valence-corrected chi connectivity index (χ1v) is 9.01. The summed E-state index contributed by atoms with van der Waals surface area (Å²) in [4.78, 5) is 27.6. The second-order valence-electron chi connectivity index (χ2n) is 6.18. The summed E-state index contributed by atoms with van der Waals surface area (Å²) in [7, 11) is 0. The van der Waals surface area contributed by atoms with Gasteiger partial charge in [-0.15, -0.1) is 0 Å². The molecule has 0 unspecified atom stereocenters. The van der Waals surface area contributed by atoms with Crippen LogP contribution in [0.5, 0.6) is 5.75 Å². The minimum absolute atomic E-state index is 0.139. The van der Waals surface area contributed by atoms with Crippen LogP contribution in [0.1, 0.15) is 30.9 Å². The van der Waals surface area contributed by atoms with Crippen LogP contribution in [0, 0.1) is 6.92 Å². The van der Waals surface area contributed by atoms with Gasteiger partial charge >= 0.3 is 5.97 Å². The SMILES string of the molecule is Cc1ccc(C(C)C)c(OCC(=O)OCC(=O)Nc2ncc(Cl)cc2Cl)c1. The maximum absolute atomic E-state index is 11.9. The highest BCUT2D eigenvalue weighted by molar-refractivity contribution is 6.36. The van der Waals surface area contributed by atoms with Crippen LogP contribution in [-0.4, -0.2) is 30.1 Å². The lowest BCUT2D eigenvalue weighted by atomic mass is 10.0. The lowest BCUT2D eigenvalue weighted by molar-refractivity contribution is -0.149. The summed E-state index contributed by atoms with van der Waals surface area (Å²) in [5.41, 5.74) is 2.02. The molecular formula is C19H20Cl2N2O4. The molecule has 0 atom stereocenters. The quantitative estimate of drug-likeness (QED) is 0.685. The number of carbonyl (C=O) groups is 2. The van der Waals surface area contributed by atoms with Gasteiger partial charge in [0.1, 0.15) is 5.75 Å². The van der Waals surface area contributed by atoms with Crippen LogP contribution >= 0.6 is 23.2 Å². The number of rotatable bonds is 7. The van der Waals surface area contributed by atoms with E-state index in [1.165, 1.54) is 12.3 Å². The Balaban J connectivity index is 1.84. The van der Waals surface area contributed by atoms with E-state index in [1.54, 1.807) is 0 Å². The molecule has 0 bridgehead atoms. The standard InChI is InChI=1S/C19H20Cl2N2O4/c1-11(2)14-5-4-12(3)6-16(14)26-10-18(25)27-9-17(24)23-19-15(21)7-13(20)8-22-19/h4-8,11H,9-10H2,1-3H3,(H,22,23,24). The van der Waals surface area contributed by atoms with Crippen molar-refractivity contribution in [3.63, 3.8) is 0 Å². The molecule has 0 saturated carbocycles. The van der Waals surface area contributed by atoms with Gasteiger partial charge in [-0.1, -0.05) is 49.2 Å². The van der Waals surface area contributed by atoms with Crippen molar-refractivity contribution in [3.05, 3.63) is 51.6 Å². The molecule has 1 heterocycles. The zero-order valence-electron chi connectivity index (χ0n) is 15.2. The molecule has 0 aliphatic rings. The normalized spacial score (nSPS) is 10.6. The number of hydrogen-bond acceptors (Lipinski definition) is 5. The molecule has 0 spiro atoms. The Morgan fingerprint density at radius 3 is 2.59 bits per heavy atom. The van der Waals surface area contributed by atoms with Crippen molar-refractivity contribution >= 4 is 40.9 Å².